The molecule has 1 aromatic heterocycles. The van der Waals surface area contributed by atoms with Crippen LogP contribution < -0.4 is 15.5 Å². The van der Waals surface area contributed by atoms with Gasteiger partial charge in [-0.3, -0.25) is 4.99 Å². The van der Waals surface area contributed by atoms with Crippen LogP contribution in [0.1, 0.15) is 30.9 Å². The molecule has 1 aliphatic rings. The van der Waals surface area contributed by atoms with Gasteiger partial charge in [-0.2, -0.15) is 0 Å². The average molecular weight is 493 g/mol. The summed E-state index contributed by atoms with van der Waals surface area (Å²) in [6, 6.07) is 15.3. The van der Waals surface area contributed by atoms with Gasteiger partial charge in [0.25, 0.3) is 0 Å². The molecule has 2 N–H and O–H groups in total. The summed E-state index contributed by atoms with van der Waals surface area (Å²) < 4.78 is 0. The number of guanidine groups is 1. The van der Waals surface area contributed by atoms with Crippen LogP contribution in [0.4, 0.5) is 5.82 Å². The Kier molecular flexibility index (Phi) is 9.54. The first-order valence-electron chi connectivity index (χ1n) is 10.0. The Morgan fingerprint density at radius 1 is 1.14 bits per heavy atom. The van der Waals surface area contributed by atoms with Crippen LogP contribution in [0.5, 0.6) is 0 Å². The molecule has 6 heteroatoms. The molecule has 5 nitrogen and oxygen atoms in total. The number of hydrogen-bond acceptors (Lipinski definition) is 3. The van der Waals surface area contributed by atoms with Crippen LogP contribution in [-0.4, -0.2) is 43.2 Å². The second-order valence-corrected chi connectivity index (χ2v) is 7.09. The summed E-state index contributed by atoms with van der Waals surface area (Å²) in [5, 5.41) is 7.00. The summed E-state index contributed by atoms with van der Waals surface area (Å²) in [7, 11) is 0. The molecule has 0 unspecified atom stereocenters. The van der Waals surface area contributed by atoms with Gasteiger partial charge in [-0.05, 0) is 50.8 Å². The zero-order valence-corrected chi connectivity index (χ0v) is 19.2. The fourth-order valence-corrected chi connectivity index (χ4v) is 3.36. The number of aryl methyl sites for hydroxylation is 1. The lowest BCUT2D eigenvalue weighted by Crippen LogP contribution is -2.49. The highest BCUT2D eigenvalue weighted by Crippen LogP contribution is 2.17. The van der Waals surface area contributed by atoms with Gasteiger partial charge in [-0.1, -0.05) is 35.9 Å². The molecule has 152 valence electrons. The van der Waals surface area contributed by atoms with E-state index in [0.717, 1.165) is 57.2 Å². The van der Waals surface area contributed by atoms with E-state index in [1.54, 1.807) is 0 Å². The van der Waals surface area contributed by atoms with Crippen LogP contribution in [0.3, 0.4) is 0 Å². The first-order chi connectivity index (χ1) is 13.2. The predicted molar refractivity (Wildman–Crippen MR) is 129 cm³/mol. The normalized spacial score (nSPS) is 15.1. The van der Waals surface area contributed by atoms with E-state index < -0.39 is 0 Å². The lowest BCUT2D eigenvalue weighted by Gasteiger charge is -2.33. The standard InChI is InChI=1S/C22H31N5.HI/c1-3-23-22(25-15-11-19-9-7-18(2)8-10-19)26-20-12-16-27(17-13-20)21-6-4-5-14-24-21;/h4-10,14,20H,3,11-13,15-17H2,1-2H3,(H2,23,25,26);1H. The van der Waals surface area contributed by atoms with Crippen molar-refractivity contribution in [1.29, 1.82) is 0 Å². The average Bonchev–Trinajstić information content (AvgIpc) is 2.71. The zero-order valence-electron chi connectivity index (χ0n) is 16.9. The largest absolute Gasteiger partial charge is 0.357 e. The van der Waals surface area contributed by atoms with Crippen LogP contribution in [0.15, 0.2) is 53.7 Å². The number of halogens is 1. The van der Waals surface area contributed by atoms with Gasteiger partial charge < -0.3 is 15.5 Å². The number of benzene rings is 1. The summed E-state index contributed by atoms with van der Waals surface area (Å²) in [6.07, 6.45) is 5.02. The predicted octanol–water partition coefficient (Wildman–Crippen LogP) is 3.77. The van der Waals surface area contributed by atoms with Crippen molar-refractivity contribution in [1.82, 2.24) is 15.6 Å². The number of rotatable bonds is 6. The summed E-state index contributed by atoms with van der Waals surface area (Å²) in [5.74, 6) is 2.01. The van der Waals surface area contributed by atoms with Gasteiger partial charge >= 0.3 is 0 Å². The number of pyridine rings is 1. The van der Waals surface area contributed by atoms with Gasteiger partial charge in [0.2, 0.25) is 0 Å². The topological polar surface area (TPSA) is 52.6 Å². The quantitative estimate of drug-likeness (QED) is 0.366. The number of nitrogens with zero attached hydrogens (tertiary/aromatic N) is 3. The highest BCUT2D eigenvalue weighted by molar-refractivity contribution is 14.0. The van der Waals surface area contributed by atoms with Crippen LogP contribution >= 0.6 is 24.0 Å². The Labute approximate surface area is 186 Å². The Balaban J connectivity index is 0.00000280. The molecule has 0 saturated carbocycles. The molecule has 2 aromatic rings. The van der Waals surface area contributed by atoms with Crippen molar-refractivity contribution in [2.45, 2.75) is 39.2 Å². The summed E-state index contributed by atoms with van der Waals surface area (Å²) >= 11 is 0. The van der Waals surface area contributed by atoms with E-state index in [9.17, 15) is 0 Å². The number of aromatic nitrogens is 1. The minimum absolute atomic E-state index is 0. The zero-order chi connectivity index (χ0) is 18.9. The van der Waals surface area contributed by atoms with Crippen molar-refractivity contribution >= 4 is 35.8 Å². The molecule has 0 atom stereocenters. The summed E-state index contributed by atoms with van der Waals surface area (Å²) in [5.41, 5.74) is 2.64. The van der Waals surface area contributed by atoms with Crippen LogP contribution in [0, 0.1) is 6.92 Å². The van der Waals surface area contributed by atoms with E-state index in [-0.39, 0.29) is 24.0 Å². The molecule has 3 rings (SSSR count). The second kappa shape index (κ2) is 11.9. The third kappa shape index (κ3) is 6.96. The van der Waals surface area contributed by atoms with Gasteiger partial charge in [0.1, 0.15) is 5.82 Å². The monoisotopic (exact) mass is 493 g/mol. The maximum atomic E-state index is 4.77. The molecule has 28 heavy (non-hydrogen) atoms. The van der Waals surface area contributed by atoms with E-state index in [1.165, 1.54) is 11.1 Å². The van der Waals surface area contributed by atoms with Crippen LogP contribution in [0.2, 0.25) is 0 Å². The van der Waals surface area contributed by atoms with Crippen LogP contribution in [-0.2, 0) is 6.42 Å². The first-order valence-corrected chi connectivity index (χ1v) is 10.0. The molecule has 1 aliphatic heterocycles. The van der Waals surface area contributed by atoms with Gasteiger partial charge in [0, 0.05) is 38.4 Å². The number of piperidine rings is 1. The molecule has 2 heterocycles. The van der Waals surface area contributed by atoms with Gasteiger partial charge in [0.05, 0.1) is 0 Å². The van der Waals surface area contributed by atoms with Gasteiger partial charge in [-0.15, -0.1) is 24.0 Å². The minimum atomic E-state index is 0. The second-order valence-electron chi connectivity index (χ2n) is 7.09. The smallest absolute Gasteiger partial charge is 0.191 e. The molecular formula is C22H32IN5. The molecule has 0 radical (unpaired) electrons. The Bertz CT molecular complexity index is 709. The molecule has 0 bridgehead atoms. The third-order valence-corrected chi connectivity index (χ3v) is 4.94. The highest BCUT2D eigenvalue weighted by Gasteiger charge is 2.20. The summed E-state index contributed by atoms with van der Waals surface area (Å²) in [6.45, 7) is 7.96. The van der Waals surface area contributed by atoms with E-state index in [2.05, 4.69) is 70.8 Å². The fraction of sp³-hybridized carbons (Fsp3) is 0.455. The van der Waals surface area contributed by atoms with Crippen molar-refractivity contribution in [2.75, 3.05) is 31.1 Å². The maximum Gasteiger partial charge on any atom is 0.191 e. The number of hydrogen-bond donors (Lipinski definition) is 2. The molecule has 0 aliphatic carbocycles. The highest BCUT2D eigenvalue weighted by atomic mass is 127. The Morgan fingerprint density at radius 3 is 2.54 bits per heavy atom. The van der Waals surface area contributed by atoms with Crippen molar-refractivity contribution in [3.63, 3.8) is 0 Å². The van der Waals surface area contributed by atoms with E-state index in [0.29, 0.717) is 6.04 Å². The lowest BCUT2D eigenvalue weighted by atomic mass is 10.1. The molecule has 1 saturated heterocycles. The first kappa shape index (κ1) is 22.5. The number of anilines is 1. The fourth-order valence-electron chi connectivity index (χ4n) is 3.36. The number of nitrogens with one attached hydrogen (secondary N) is 2. The minimum Gasteiger partial charge on any atom is -0.357 e. The molecular weight excluding hydrogens is 461 g/mol. The lowest BCUT2D eigenvalue weighted by molar-refractivity contribution is 0.459. The van der Waals surface area contributed by atoms with E-state index in [1.807, 2.05) is 12.3 Å². The van der Waals surface area contributed by atoms with Crippen molar-refractivity contribution in [3.8, 4) is 0 Å². The third-order valence-electron chi connectivity index (χ3n) is 4.94. The SMILES string of the molecule is CCNC(=NCCc1ccc(C)cc1)NC1CCN(c2ccccn2)CC1.I. The van der Waals surface area contributed by atoms with Gasteiger partial charge in [0.15, 0.2) is 5.96 Å². The molecule has 1 fully saturated rings. The van der Waals surface area contributed by atoms with E-state index >= 15 is 0 Å². The molecule has 1 aromatic carbocycles. The van der Waals surface area contributed by atoms with Crippen molar-refractivity contribution in [3.05, 3.63) is 59.8 Å². The molecule has 0 spiro atoms. The van der Waals surface area contributed by atoms with Crippen LogP contribution in [0.25, 0.3) is 0 Å². The van der Waals surface area contributed by atoms with Gasteiger partial charge in [-0.25, -0.2) is 4.98 Å². The summed E-state index contributed by atoms with van der Waals surface area (Å²) in [4.78, 5) is 11.6. The maximum absolute atomic E-state index is 4.77. The van der Waals surface area contributed by atoms with E-state index in [4.69, 9.17) is 4.99 Å². The number of aliphatic imine (C=N–C) groups is 1. The Hall–Kier alpha value is -1.83. The van der Waals surface area contributed by atoms with Crippen molar-refractivity contribution < 1.29 is 0 Å². The Morgan fingerprint density at radius 2 is 1.89 bits per heavy atom. The van der Waals surface area contributed by atoms with Crippen molar-refractivity contribution in [2.24, 2.45) is 4.99 Å². The molecule has 0 amide bonds.